The van der Waals surface area contributed by atoms with E-state index in [0.717, 1.165) is 52.0 Å². The minimum absolute atomic E-state index is 0.0211. The van der Waals surface area contributed by atoms with Crippen LogP contribution in [0.4, 0.5) is 5.69 Å². The number of thiophene rings is 1. The largest absolute Gasteiger partial charge is 0.342 e. The van der Waals surface area contributed by atoms with Crippen LogP contribution in [0.5, 0.6) is 0 Å². The number of imidazole rings is 1. The van der Waals surface area contributed by atoms with Crippen molar-refractivity contribution >= 4 is 55.9 Å². The molecule has 170 valence electrons. The van der Waals surface area contributed by atoms with Crippen LogP contribution < -0.4 is 10.9 Å². The molecule has 0 spiro atoms. The van der Waals surface area contributed by atoms with E-state index < -0.39 is 0 Å². The Kier molecular flexibility index (Phi) is 5.46. The molecule has 7 nitrogen and oxygen atoms in total. The van der Waals surface area contributed by atoms with Crippen LogP contribution in [0.1, 0.15) is 60.1 Å². The highest BCUT2D eigenvalue weighted by Crippen LogP contribution is 2.36. The van der Waals surface area contributed by atoms with Crippen molar-refractivity contribution in [3.63, 3.8) is 0 Å². The summed E-state index contributed by atoms with van der Waals surface area (Å²) in [5.74, 6) is 3.53. The Morgan fingerprint density at radius 2 is 2.09 bits per heavy atom. The molecule has 0 radical (unpaired) electrons. The minimum atomic E-state index is -0.0255. The van der Waals surface area contributed by atoms with E-state index in [2.05, 4.69) is 25.3 Å². The fourth-order valence-electron chi connectivity index (χ4n) is 4.65. The topological polar surface area (TPSA) is 104 Å². The highest BCUT2D eigenvalue weighted by molar-refractivity contribution is 7.98. The number of thioether (sulfide) groups is 1. The summed E-state index contributed by atoms with van der Waals surface area (Å²) in [5.41, 5.74) is 3.87. The molecule has 0 atom stereocenters. The molecular formula is C24H25N5O2S2. The molecular weight excluding hydrogens is 454 g/mol. The van der Waals surface area contributed by atoms with Crippen molar-refractivity contribution in [1.29, 1.82) is 0 Å². The zero-order chi connectivity index (χ0) is 22.4. The highest BCUT2D eigenvalue weighted by Gasteiger charge is 2.23. The lowest BCUT2D eigenvalue weighted by atomic mass is 9.85. The van der Waals surface area contributed by atoms with Crippen molar-refractivity contribution in [2.45, 2.75) is 56.6 Å². The van der Waals surface area contributed by atoms with Crippen molar-refractivity contribution in [3.05, 3.63) is 50.6 Å². The molecule has 2 aliphatic carbocycles. The van der Waals surface area contributed by atoms with Gasteiger partial charge in [-0.1, -0.05) is 6.42 Å². The number of carbonyl (C=O) groups excluding carboxylic acids is 1. The van der Waals surface area contributed by atoms with Gasteiger partial charge in [-0.2, -0.15) is 11.8 Å². The standard InChI is InChI=1S/C24H25N5O2S2/c30-20(25-14-7-8-16-17(11-14)27-22(26-16)13-3-1-4-13)9-10-32-12-19-28-23(31)21-15-5-2-6-18(15)33-24(21)29-19/h7-8,11,13H,1-6,9-10,12H2,(H,25,30)(H,26,27)(H,28,29,31). The number of hydrogen-bond donors (Lipinski definition) is 3. The van der Waals surface area contributed by atoms with Gasteiger partial charge in [-0.3, -0.25) is 9.59 Å². The van der Waals surface area contributed by atoms with E-state index in [9.17, 15) is 9.59 Å². The first-order valence-electron chi connectivity index (χ1n) is 11.5. The first kappa shape index (κ1) is 20.9. The minimum Gasteiger partial charge on any atom is -0.342 e. The van der Waals surface area contributed by atoms with Crippen molar-refractivity contribution in [1.82, 2.24) is 19.9 Å². The van der Waals surface area contributed by atoms with Crippen molar-refractivity contribution in [2.75, 3.05) is 11.1 Å². The fraction of sp³-hybridized carbons (Fsp3) is 0.417. The third kappa shape index (κ3) is 4.08. The van der Waals surface area contributed by atoms with Crippen molar-refractivity contribution in [3.8, 4) is 0 Å². The molecule has 33 heavy (non-hydrogen) atoms. The van der Waals surface area contributed by atoms with Crippen LogP contribution in [0.3, 0.4) is 0 Å². The summed E-state index contributed by atoms with van der Waals surface area (Å²) in [6, 6.07) is 5.82. The number of aromatic amines is 2. The van der Waals surface area contributed by atoms with E-state index in [4.69, 9.17) is 0 Å². The molecule has 3 N–H and O–H groups in total. The van der Waals surface area contributed by atoms with Crippen molar-refractivity contribution in [2.24, 2.45) is 0 Å². The average Bonchev–Trinajstić information content (AvgIpc) is 3.43. The predicted octanol–water partition coefficient (Wildman–Crippen LogP) is 4.88. The summed E-state index contributed by atoms with van der Waals surface area (Å²) in [4.78, 5) is 42.8. The van der Waals surface area contributed by atoms with Gasteiger partial charge >= 0.3 is 0 Å². The van der Waals surface area contributed by atoms with Gasteiger partial charge in [0.05, 0.1) is 22.2 Å². The Morgan fingerprint density at radius 1 is 1.18 bits per heavy atom. The van der Waals surface area contributed by atoms with Gasteiger partial charge in [0.1, 0.15) is 16.5 Å². The number of aromatic nitrogens is 4. The van der Waals surface area contributed by atoms with Crippen LogP contribution in [0.25, 0.3) is 21.3 Å². The van der Waals surface area contributed by atoms with Gasteiger partial charge in [0.2, 0.25) is 5.91 Å². The Balaban J connectivity index is 1.03. The second kappa shape index (κ2) is 8.61. The van der Waals surface area contributed by atoms with Crippen LogP contribution >= 0.6 is 23.1 Å². The Hall–Kier alpha value is -2.65. The molecule has 2 aliphatic rings. The number of amides is 1. The molecule has 0 bridgehead atoms. The summed E-state index contributed by atoms with van der Waals surface area (Å²) in [5, 5.41) is 3.77. The fourth-order valence-corrected chi connectivity index (χ4v) is 6.74. The number of aryl methyl sites for hydroxylation is 2. The first-order chi connectivity index (χ1) is 16.1. The molecule has 1 amide bonds. The smallest absolute Gasteiger partial charge is 0.259 e. The molecule has 0 aliphatic heterocycles. The second-order valence-electron chi connectivity index (χ2n) is 8.88. The van der Waals surface area contributed by atoms with Crippen LogP contribution in [0.2, 0.25) is 0 Å². The van der Waals surface area contributed by atoms with E-state index >= 15 is 0 Å². The molecule has 1 aromatic carbocycles. The number of anilines is 1. The van der Waals surface area contributed by atoms with Gasteiger partial charge in [-0.15, -0.1) is 11.3 Å². The Morgan fingerprint density at radius 3 is 2.94 bits per heavy atom. The highest BCUT2D eigenvalue weighted by atomic mass is 32.2. The molecule has 4 aromatic rings. The molecule has 6 rings (SSSR count). The van der Waals surface area contributed by atoms with E-state index in [1.807, 2.05) is 18.2 Å². The monoisotopic (exact) mass is 479 g/mol. The maximum atomic E-state index is 12.5. The van der Waals surface area contributed by atoms with Gasteiger partial charge in [-0.05, 0) is 55.9 Å². The molecule has 1 saturated carbocycles. The summed E-state index contributed by atoms with van der Waals surface area (Å²) in [7, 11) is 0. The lowest BCUT2D eigenvalue weighted by Gasteiger charge is -2.22. The summed E-state index contributed by atoms with van der Waals surface area (Å²) >= 11 is 3.26. The average molecular weight is 480 g/mol. The molecule has 3 heterocycles. The van der Waals surface area contributed by atoms with Crippen LogP contribution in [0, 0.1) is 0 Å². The van der Waals surface area contributed by atoms with Crippen LogP contribution in [0.15, 0.2) is 23.0 Å². The normalized spacial score (nSPS) is 15.8. The van der Waals surface area contributed by atoms with Gasteiger partial charge in [0, 0.05) is 28.7 Å². The van der Waals surface area contributed by atoms with E-state index in [0.29, 0.717) is 29.7 Å². The molecule has 0 unspecified atom stereocenters. The number of fused-ring (bicyclic) bond motifs is 4. The number of nitrogens with zero attached hydrogens (tertiary/aromatic N) is 2. The third-order valence-corrected chi connectivity index (χ3v) is 8.77. The number of H-pyrrole nitrogens is 2. The predicted molar refractivity (Wildman–Crippen MR) is 134 cm³/mol. The number of nitrogens with one attached hydrogen (secondary N) is 3. The summed E-state index contributed by atoms with van der Waals surface area (Å²) in [6.45, 7) is 0. The third-order valence-electron chi connectivity index (χ3n) is 6.61. The van der Waals surface area contributed by atoms with Crippen LogP contribution in [-0.2, 0) is 23.4 Å². The molecule has 3 aromatic heterocycles. The van der Waals surface area contributed by atoms with Crippen molar-refractivity contribution < 1.29 is 4.79 Å². The van der Waals surface area contributed by atoms with Gasteiger partial charge in [0.15, 0.2) is 0 Å². The summed E-state index contributed by atoms with van der Waals surface area (Å²) in [6.07, 6.45) is 7.26. The van der Waals surface area contributed by atoms with Gasteiger partial charge < -0.3 is 15.3 Å². The Labute approximate surface area is 198 Å². The maximum absolute atomic E-state index is 12.5. The van der Waals surface area contributed by atoms with Gasteiger partial charge in [-0.25, -0.2) is 9.97 Å². The van der Waals surface area contributed by atoms with E-state index in [-0.39, 0.29) is 11.5 Å². The number of benzene rings is 1. The lowest BCUT2D eigenvalue weighted by molar-refractivity contribution is -0.115. The van der Waals surface area contributed by atoms with Gasteiger partial charge in [0.25, 0.3) is 5.56 Å². The number of rotatable bonds is 7. The number of carbonyl (C=O) groups is 1. The molecule has 9 heteroatoms. The van der Waals surface area contributed by atoms with E-state index in [1.165, 1.54) is 29.7 Å². The zero-order valence-corrected chi connectivity index (χ0v) is 19.8. The second-order valence-corrected chi connectivity index (χ2v) is 11.1. The maximum Gasteiger partial charge on any atom is 0.259 e. The first-order valence-corrected chi connectivity index (χ1v) is 13.5. The van der Waals surface area contributed by atoms with E-state index in [1.54, 1.807) is 23.1 Å². The zero-order valence-electron chi connectivity index (χ0n) is 18.2. The summed E-state index contributed by atoms with van der Waals surface area (Å²) < 4.78 is 0. The molecule has 1 fully saturated rings. The Bertz CT molecular complexity index is 1420. The van der Waals surface area contributed by atoms with Crippen LogP contribution in [-0.4, -0.2) is 31.6 Å². The SMILES string of the molecule is O=C(CCSCc1nc2sc3c(c2c(=O)[nH]1)CCC3)Nc1ccc2nc(C3CCC3)[nH]c2c1. The lowest BCUT2D eigenvalue weighted by Crippen LogP contribution is -2.13. The molecule has 0 saturated heterocycles. The quantitative estimate of drug-likeness (QED) is 0.328. The number of hydrogen-bond acceptors (Lipinski definition) is 6.